The molecule has 21 heavy (non-hydrogen) atoms. The number of ether oxygens (including phenoxy) is 1. The van der Waals surface area contributed by atoms with Gasteiger partial charge in [-0.15, -0.1) is 0 Å². The number of nitrogens with zero attached hydrogens (tertiary/aromatic N) is 1. The van der Waals surface area contributed by atoms with Crippen molar-refractivity contribution in [1.29, 1.82) is 0 Å². The van der Waals surface area contributed by atoms with Crippen LogP contribution in [-0.2, 0) is 9.53 Å². The Balaban J connectivity index is 1.87. The molecule has 4 unspecified atom stereocenters. The number of hydrogen-bond acceptors (Lipinski definition) is 4. The summed E-state index contributed by atoms with van der Waals surface area (Å²) >= 11 is 0. The summed E-state index contributed by atoms with van der Waals surface area (Å²) < 4.78 is 5.11. The van der Waals surface area contributed by atoms with E-state index in [0.717, 1.165) is 18.5 Å². The van der Waals surface area contributed by atoms with Crippen LogP contribution in [0.5, 0.6) is 0 Å². The van der Waals surface area contributed by atoms with E-state index in [1.54, 1.807) is 0 Å². The molecule has 1 saturated heterocycles. The maximum Gasteiger partial charge on any atom is 0.306 e. The minimum Gasteiger partial charge on any atom is -0.466 e. The van der Waals surface area contributed by atoms with E-state index in [1.165, 1.54) is 5.57 Å². The van der Waals surface area contributed by atoms with Crippen molar-refractivity contribution in [3.63, 3.8) is 0 Å². The summed E-state index contributed by atoms with van der Waals surface area (Å²) in [6.45, 7) is 6.56. The molecule has 0 radical (unpaired) electrons. The Morgan fingerprint density at radius 3 is 3.10 bits per heavy atom. The number of allylic oxidation sites excluding steroid dienone is 2. The van der Waals surface area contributed by atoms with Crippen LogP contribution < -0.4 is 5.32 Å². The largest absolute Gasteiger partial charge is 0.466 e. The van der Waals surface area contributed by atoms with Gasteiger partial charge in [0.05, 0.1) is 18.6 Å². The van der Waals surface area contributed by atoms with E-state index in [9.17, 15) is 4.79 Å². The van der Waals surface area contributed by atoms with E-state index < -0.39 is 0 Å². The van der Waals surface area contributed by atoms with E-state index >= 15 is 0 Å². The number of hydrogen-bond donors (Lipinski definition) is 1. The minimum absolute atomic E-state index is 0.0870. The predicted molar refractivity (Wildman–Crippen MR) is 83.1 cm³/mol. The lowest BCUT2D eigenvalue weighted by molar-refractivity contribution is -0.144. The van der Waals surface area contributed by atoms with Gasteiger partial charge in [0.1, 0.15) is 0 Å². The zero-order valence-electron chi connectivity index (χ0n) is 13.1. The van der Waals surface area contributed by atoms with Crippen LogP contribution in [0.2, 0.25) is 0 Å². The molecular weight excluding hydrogens is 264 g/mol. The fourth-order valence-corrected chi connectivity index (χ4v) is 4.05. The third-order valence-electron chi connectivity index (χ3n) is 4.82. The summed E-state index contributed by atoms with van der Waals surface area (Å²) in [5.74, 6) is 0.705. The highest BCUT2D eigenvalue weighted by Gasteiger charge is 2.50. The van der Waals surface area contributed by atoms with Gasteiger partial charge in [0.25, 0.3) is 0 Å². The van der Waals surface area contributed by atoms with Gasteiger partial charge < -0.3 is 10.1 Å². The van der Waals surface area contributed by atoms with Crippen molar-refractivity contribution in [2.45, 2.75) is 51.6 Å². The van der Waals surface area contributed by atoms with E-state index in [4.69, 9.17) is 4.74 Å². The molecule has 3 rings (SSSR count). The van der Waals surface area contributed by atoms with Crippen LogP contribution in [0.4, 0.5) is 0 Å². The quantitative estimate of drug-likeness (QED) is 0.812. The molecule has 0 bridgehead atoms. The Labute approximate surface area is 126 Å². The summed E-state index contributed by atoms with van der Waals surface area (Å²) in [6, 6.07) is 0.484. The molecular formula is C17H24N2O2. The molecule has 4 heteroatoms. The molecule has 0 saturated carbocycles. The molecule has 1 spiro atoms. The van der Waals surface area contributed by atoms with Crippen molar-refractivity contribution < 1.29 is 9.53 Å². The predicted octanol–water partition coefficient (Wildman–Crippen LogP) is 2.61. The van der Waals surface area contributed by atoms with E-state index in [2.05, 4.69) is 35.6 Å². The Morgan fingerprint density at radius 1 is 1.52 bits per heavy atom. The zero-order valence-corrected chi connectivity index (χ0v) is 13.1. The lowest BCUT2D eigenvalue weighted by Crippen LogP contribution is -2.52. The van der Waals surface area contributed by atoms with Gasteiger partial charge in [-0.1, -0.05) is 6.08 Å². The normalized spacial score (nSPS) is 37.4. The van der Waals surface area contributed by atoms with Crippen molar-refractivity contribution in [2.75, 3.05) is 6.61 Å². The van der Waals surface area contributed by atoms with Gasteiger partial charge in [0, 0.05) is 18.0 Å². The number of rotatable bonds is 3. The second-order valence-electron chi connectivity index (χ2n) is 6.52. The first kappa shape index (κ1) is 14.5. The molecule has 1 N–H and O–H groups in total. The first-order chi connectivity index (χ1) is 10.0. The van der Waals surface area contributed by atoms with Gasteiger partial charge in [-0.05, 0) is 57.1 Å². The summed E-state index contributed by atoms with van der Waals surface area (Å²) in [5, 5.41) is 3.71. The Morgan fingerprint density at radius 2 is 2.33 bits per heavy atom. The molecule has 2 aliphatic heterocycles. The average Bonchev–Trinajstić information content (AvgIpc) is 2.72. The van der Waals surface area contributed by atoms with Gasteiger partial charge in [-0.2, -0.15) is 0 Å². The second-order valence-corrected chi connectivity index (χ2v) is 6.52. The number of carbonyl (C=O) groups excluding carboxylic acids is 1. The van der Waals surface area contributed by atoms with Crippen LogP contribution >= 0.6 is 0 Å². The number of esters is 1. The molecule has 114 valence electrons. The van der Waals surface area contributed by atoms with Crippen molar-refractivity contribution in [3.8, 4) is 0 Å². The molecule has 2 heterocycles. The average molecular weight is 288 g/mol. The van der Waals surface area contributed by atoms with Gasteiger partial charge in [0.15, 0.2) is 0 Å². The molecule has 3 aliphatic rings. The topological polar surface area (TPSA) is 50.7 Å². The van der Waals surface area contributed by atoms with E-state index in [1.807, 2.05) is 13.8 Å². The van der Waals surface area contributed by atoms with Crippen LogP contribution in [0.15, 0.2) is 28.4 Å². The Hall–Kier alpha value is -1.42. The highest BCUT2D eigenvalue weighted by molar-refractivity contribution is 5.82. The fraction of sp³-hybridized carbons (Fsp3) is 0.647. The van der Waals surface area contributed by atoms with Gasteiger partial charge >= 0.3 is 5.97 Å². The van der Waals surface area contributed by atoms with Crippen molar-refractivity contribution in [1.82, 2.24) is 5.32 Å². The van der Waals surface area contributed by atoms with Crippen molar-refractivity contribution in [3.05, 3.63) is 23.4 Å². The standard InChI is InChI=1S/C17H24N2O2/c1-4-21-16(20)9-13-7-14-5-11(2)18-10-17(14)15(8-13)6-12(3)19-17/h5,7,10,12-13,15,19H,4,6,8-9H2,1-3H3. The smallest absolute Gasteiger partial charge is 0.306 e. The SMILES string of the molecule is CCOC(=O)CC1C=C2C=C(C)N=CC23NC(C)CC3C1. The monoisotopic (exact) mass is 288 g/mol. The van der Waals surface area contributed by atoms with Gasteiger partial charge in [0.2, 0.25) is 0 Å². The molecule has 0 aromatic rings. The van der Waals surface area contributed by atoms with Gasteiger partial charge in [-0.25, -0.2) is 0 Å². The van der Waals surface area contributed by atoms with E-state index in [0.29, 0.717) is 25.0 Å². The molecule has 0 aromatic carbocycles. The Kier molecular flexibility index (Phi) is 3.74. The Bertz CT molecular complexity index is 535. The van der Waals surface area contributed by atoms with Crippen molar-refractivity contribution >= 4 is 12.2 Å². The third-order valence-corrected chi connectivity index (χ3v) is 4.82. The molecule has 0 aromatic heterocycles. The summed E-state index contributed by atoms with van der Waals surface area (Å²) in [6.07, 6.45) is 9.15. The lowest BCUT2D eigenvalue weighted by Gasteiger charge is -2.41. The summed E-state index contributed by atoms with van der Waals surface area (Å²) in [5.41, 5.74) is 2.21. The van der Waals surface area contributed by atoms with Gasteiger partial charge in [-0.3, -0.25) is 9.79 Å². The number of aliphatic imine (C=N–C) groups is 1. The van der Waals surface area contributed by atoms with Crippen LogP contribution in [0.1, 0.15) is 40.0 Å². The highest BCUT2D eigenvalue weighted by atomic mass is 16.5. The first-order valence-electron chi connectivity index (χ1n) is 7.92. The molecule has 1 fully saturated rings. The van der Waals surface area contributed by atoms with E-state index in [-0.39, 0.29) is 17.4 Å². The zero-order chi connectivity index (χ0) is 15.0. The summed E-state index contributed by atoms with van der Waals surface area (Å²) in [7, 11) is 0. The fourth-order valence-electron chi connectivity index (χ4n) is 4.05. The highest BCUT2D eigenvalue weighted by Crippen LogP contribution is 2.46. The maximum absolute atomic E-state index is 11.8. The lowest BCUT2D eigenvalue weighted by atomic mass is 9.68. The third kappa shape index (κ3) is 2.57. The van der Waals surface area contributed by atoms with Crippen molar-refractivity contribution in [2.24, 2.45) is 16.8 Å². The van der Waals surface area contributed by atoms with Crippen LogP contribution in [0.25, 0.3) is 0 Å². The van der Waals surface area contributed by atoms with Crippen LogP contribution in [-0.4, -0.2) is 30.4 Å². The minimum atomic E-state index is -0.107. The number of nitrogens with one attached hydrogen (secondary N) is 1. The molecule has 4 nitrogen and oxygen atoms in total. The summed E-state index contributed by atoms with van der Waals surface area (Å²) in [4.78, 5) is 16.3. The molecule has 0 amide bonds. The molecule has 4 atom stereocenters. The van der Waals surface area contributed by atoms with Crippen LogP contribution in [0, 0.1) is 11.8 Å². The number of carbonyl (C=O) groups is 1. The second kappa shape index (κ2) is 5.41. The first-order valence-corrected chi connectivity index (χ1v) is 7.92. The van der Waals surface area contributed by atoms with Crippen LogP contribution in [0.3, 0.4) is 0 Å². The molecule has 1 aliphatic carbocycles. The maximum atomic E-state index is 11.8.